The quantitative estimate of drug-likeness (QED) is 0.311. The highest BCUT2D eigenvalue weighted by Crippen LogP contribution is 2.52. The Morgan fingerprint density at radius 1 is 1.21 bits per heavy atom. The fraction of sp³-hybridized carbons (Fsp3) is 0.406. The van der Waals surface area contributed by atoms with Crippen molar-refractivity contribution in [1.82, 2.24) is 24.9 Å². The van der Waals surface area contributed by atoms with E-state index in [0.717, 1.165) is 49.0 Å². The average Bonchev–Trinajstić information content (AvgIpc) is 3.38. The summed E-state index contributed by atoms with van der Waals surface area (Å²) in [6.07, 6.45) is 11.5. The third-order valence-corrected chi connectivity index (χ3v) is 9.21. The zero-order chi connectivity index (χ0) is 29.9. The summed E-state index contributed by atoms with van der Waals surface area (Å²) < 4.78 is 7.51. The fourth-order valence-electron chi connectivity index (χ4n) is 7.44. The first-order valence-corrected chi connectivity index (χ1v) is 14.9. The van der Waals surface area contributed by atoms with E-state index in [1.54, 1.807) is 42.9 Å². The number of carbonyl (C=O) groups is 1. The Kier molecular flexibility index (Phi) is 6.56. The fourth-order valence-corrected chi connectivity index (χ4v) is 7.65. The average molecular weight is 598 g/mol. The first-order valence-electron chi connectivity index (χ1n) is 14.6. The van der Waals surface area contributed by atoms with E-state index in [2.05, 4.69) is 26.4 Å². The number of piperidine rings is 2. The second kappa shape index (κ2) is 10.2. The van der Waals surface area contributed by atoms with Crippen LogP contribution in [-0.4, -0.2) is 60.4 Å². The molecule has 2 unspecified atom stereocenters. The lowest BCUT2D eigenvalue weighted by Gasteiger charge is -2.62. The number of nitrogens with one attached hydrogen (secondary N) is 1. The monoisotopic (exact) mass is 597 g/mol. The number of halogens is 1. The minimum absolute atomic E-state index is 0.108. The molecule has 43 heavy (non-hydrogen) atoms. The maximum atomic E-state index is 13.2. The third-order valence-electron chi connectivity index (χ3n) is 8.90. The smallest absolute Gasteiger partial charge is 0.271 e. The second-order valence-electron chi connectivity index (χ2n) is 12.8. The highest BCUT2D eigenvalue weighted by molar-refractivity contribution is 6.33. The van der Waals surface area contributed by atoms with E-state index < -0.39 is 5.60 Å². The summed E-state index contributed by atoms with van der Waals surface area (Å²) in [6, 6.07) is 12.1. The summed E-state index contributed by atoms with van der Waals surface area (Å²) in [5, 5.41) is 27.9. The van der Waals surface area contributed by atoms with Crippen LogP contribution in [0.5, 0.6) is 5.75 Å². The van der Waals surface area contributed by atoms with Crippen molar-refractivity contribution in [3.8, 4) is 22.9 Å². The summed E-state index contributed by atoms with van der Waals surface area (Å²) in [5.74, 6) is 1.79. The summed E-state index contributed by atoms with van der Waals surface area (Å²) >= 11 is 6.27. The Labute approximate surface area is 254 Å². The van der Waals surface area contributed by atoms with Crippen LogP contribution in [0.3, 0.4) is 0 Å². The van der Waals surface area contributed by atoms with Gasteiger partial charge in [0.15, 0.2) is 0 Å². The van der Waals surface area contributed by atoms with E-state index in [0.29, 0.717) is 27.8 Å². The first-order chi connectivity index (χ1) is 20.6. The van der Waals surface area contributed by atoms with Crippen molar-refractivity contribution in [1.29, 1.82) is 5.26 Å². The highest BCUT2D eigenvalue weighted by atomic mass is 35.5. The van der Waals surface area contributed by atoms with Crippen molar-refractivity contribution in [3.05, 3.63) is 71.4 Å². The first kappa shape index (κ1) is 27.6. The summed E-state index contributed by atoms with van der Waals surface area (Å²) in [7, 11) is 0. The molecule has 0 spiro atoms. The van der Waals surface area contributed by atoms with Crippen LogP contribution >= 0.6 is 11.6 Å². The van der Waals surface area contributed by atoms with Gasteiger partial charge in [0.05, 0.1) is 34.1 Å². The Morgan fingerprint density at radius 2 is 2.00 bits per heavy atom. The number of aromatic nitrogens is 4. The molecule has 4 aliphatic rings. The van der Waals surface area contributed by atoms with Crippen LogP contribution in [0.15, 0.2) is 55.1 Å². The molecule has 2 atom stereocenters. The third kappa shape index (κ3) is 5.07. The molecule has 2 N–H and O–H groups in total. The molecule has 4 aromatic heterocycles. The lowest BCUT2D eigenvalue weighted by Crippen LogP contribution is -2.69. The number of hydrogen-bond acceptors (Lipinski definition) is 8. The molecule has 2 saturated heterocycles. The van der Waals surface area contributed by atoms with Crippen LogP contribution < -0.4 is 15.0 Å². The minimum atomic E-state index is -1.000. The number of nitrogens with zero attached hydrogens (tertiary/aromatic N) is 6. The van der Waals surface area contributed by atoms with Crippen LogP contribution in [-0.2, 0) is 0 Å². The maximum absolute atomic E-state index is 13.2. The van der Waals surface area contributed by atoms with E-state index in [4.69, 9.17) is 21.3 Å². The lowest BCUT2D eigenvalue weighted by atomic mass is 9.59. The number of pyridine rings is 3. The van der Waals surface area contributed by atoms with Crippen LogP contribution in [0, 0.1) is 17.2 Å². The largest absolute Gasteiger partial charge is 0.489 e. The number of rotatable bonds is 7. The van der Waals surface area contributed by atoms with E-state index in [1.807, 2.05) is 24.4 Å². The second-order valence-corrected chi connectivity index (χ2v) is 13.2. The summed E-state index contributed by atoms with van der Waals surface area (Å²) in [5.41, 5.74) is 1.74. The molecule has 8 rings (SSSR count). The van der Waals surface area contributed by atoms with Crippen molar-refractivity contribution >= 4 is 28.8 Å². The minimum Gasteiger partial charge on any atom is -0.489 e. The molecular formula is C32H32ClN7O3. The van der Waals surface area contributed by atoms with Crippen molar-refractivity contribution in [3.63, 3.8) is 0 Å². The van der Waals surface area contributed by atoms with Crippen molar-refractivity contribution < 1.29 is 14.6 Å². The van der Waals surface area contributed by atoms with Gasteiger partial charge >= 0.3 is 0 Å². The molecule has 2 saturated carbocycles. The van der Waals surface area contributed by atoms with Crippen LogP contribution in [0.1, 0.15) is 62.0 Å². The summed E-state index contributed by atoms with van der Waals surface area (Å²) in [4.78, 5) is 24.8. The molecule has 10 nitrogen and oxygen atoms in total. The molecule has 6 heterocycles. The zero-order valence-corrected chi connectivity index (χ0v) is 24.8. The molecule has 4 bridgehead atoms. The predicted molar refractivity (Wildman–Crippen MR) is 161 cm³/mol. The molecule has 0 aromatic carbocycles. The van der Waals surface area contributed by atoms with Crippen molar-refractivity contribution in [2.75, 3.05) is 11.5 Å². The lowest BCUT2D eigenvalue weighted by molar-refractivity contribution is 0.0283. The number of carbonyl (C=O) groups excluding carboxylic acids is 1. The zero-order valence-electron chi connectivity index (χ0n) is 24.0. The number of fused-ring (bicyclic) bond motifs is 1. The molecule has 4 fully saturated rings. The van der Waals surface area contributed by atoms with Gasteiger partial charge in [0.25, 0.3) is 5.91 Å². The molecule has 2 aliphatic heterocycles. The van der Waals surface area contributed by atoms with Crippen molar-refractivity contribution in [2.24, 2.45) is 5.92 Å². The van der Waals surface area contributed by atoms with E-state index in [9.17, 15) is 15.2 Å². The molecule has 1 amide bonds. The van der Waals surface area contributed by atoms with Gasteiger partial charge in [0, 0.05) is 41.1 Å². The Bertz CT molecular complexity index is 1740. The normalized spacial score (nSPS) is 24.3. The maximum Gasteiger partial charge on any atom is 0.271 e. The van der Waals surface area contributed by atoms with Gasteiger partial charge in [0.2, 0.25) is 0 Å². The van der Waals surface area contributed by atoms with Crippen LogP contribution in [0.25, 0.3) is 16.6 Å². The summed E-state index contributed by atoms with van der Waals surface area (Å²) in [6.45, 7) is 3.47. The van der Waals surface area contributed by atoms with Gasteiger partial charge in [-0.25, -0.2) is 14.5 Å². The van der Waals surface area contributed by atoms with Gasteiger partial charge in [-0.15, -0.1) is 0 Å². The van der Waals surface area contributed by atoms with Gasteiger partial charge in [0.1, 0.15) is 29.9 Å². The van der Waals surface area contributed by atoms with Gasteiger partial charge < -0.3 is 20.1 Å². The number of aliphatic hydroxyl groups is 1. The Balaban J connectivity index is 1.15. The molecular weight excluding hydrogens is 566 g/mol. The van der Waals surface area contributed by atoms with Gasteiger partial charge in [-0.3, -0.25) is 4.79 Å². The van der Waals surface area contributed by atoms with E-state index in [-0.39, 0.29) is 35.8 Å². The molecule has 4 aromatic rings. The van der Waals surface area contributed by atoms with Gasteiger partial charge in [-0.05, 0) is 82.2 Å². The number of anilines is 1. The number of amides is 1. The molecule has 0 radical (unpaired) electrons. The van der Waals surface area contributed by atoms with Crippen molar-refractivity contribution in [2.45, 2.75) is 69.2 Å². The van der Waals surface area contributed by atoms with E-state index in [1.165, 1.54) is 6.20 Å². The Morgan fingerprint density at radius 3 is 2.67 bits per heavy atom. The molecule has 2 aliphatic carbocycles. The number of ether oxygens (including phenoxy) is 1. The van der Waals surface area contributed by atoms with Crippen LogP contribution in [0.2, 0.25) is 5.02 Å². The topological polar surface area (TPSA) is 129 Å². The standard InChI is InChI=1S/C32H32ClN7O3/c1-31(2,42)18-43-24-10-25(29-21(14-34)16-37-39(29)17-24)20-5-6-27(36-15-20)40-22-8-19-9-23(40)13-32(11-19,12-22)38-30(41)28-26(33)4-3-7-35-28/h3-7,10,15-17,19,22-23,42H,8-9,11-13,18H2,1-2H3,(H,38,41). The molecule has 11 heteroatoms. The Hall–Kier alpha value is -4.20. The number of nitriles is 1. The highest BCUT2D eigenvalue weighted by Gasteiger charge is 2.55. The van der Waals surface area contributed by atoms with Gasteiger partial charge in [-0.2, -0.15) is 10.4 Å². The van der Waals surface area contributed by atoms with E-state index >= 15 is 0 Å². The predicted octanol–water partition coefficient (Wildman–Crippen LogP) is 4.79. The van der Waals surface area contributed by atoms with Gasteiger partial charge in [-0.1, -0.05) is 11.6 Å². The molecule has 220 valence electrons. The SMILES string of the molecule is CC(C)(O)COc1cc(-c2ccc(N3C4CC5CC3CC(NC(=O)c3ncccc3Cl)(C5)C4)nc2)c2c(C#N)cnn2c1. The number of hydrogen-bond donors (Lipinski definition) is 2. The van der Waals surface area contributed by atoms with Crippen LogP contribution in [0.4, 0.5) is 5.82 Å².